The summed E-state index contributed by atoms with van der Waals surface area (Å²) in [6.07, 6.45) is 0. The van der Waals surface area contributed by atoms with Crippen molar-refractivity contribution in [3.8, 4) is 0 Å². The molecular formula is C26H48ClPSi2. The van der Waals surface area contributed by atoms with Gasteiger partial charge in [-0.3, -0.25) is 0 Å². The van der Waals surface area contributed by atoms with Gasteiger partial charge in [-0.05, 0) is 41.0 Å². The van der Waals surface area contributed by atoms with E-state index in [2.05, 4.69) is 119 Å². The van der Waals surface area contributed by atoms with Crippen molar-refractivity contribution in [1.29, 1.82) is 0 Å². The molecule has 30 heavy (non-hydrogen) atoms. The third-order valence-corrected chi connectivity index (χ3v) is 20.6. The van der Waals surface area contributed by atoms with E-state index in [1.165, 1.54) is 16.7 Å². The Labute approximate surface area is 197 Å². The minimum atomic E-state index is -1.51. The van der Waals surface area contributed by atoms with Crippen molar-refractivity contribution in [2.75, 3.05) is 0 Å². The predicted molar refractivity (Wildman–Crippen MR) is 151 cm³/mol. The molecule has 0 fully saturated rings. The quantitative estimate of drug-likeness (QED) is 0.228. The summed E-state index contributed by atoms with van der Waals surface area (Å²) in [5.74, 6) is 0. The Morgan fingerprint density at radius 3 is 1.23 bits per heavy atom. The highest BCUT2D eigenvalue weighted by Gasteiger charge is 2.40. The molecule has 172 valence electrons. The van der Waals surface area contributed by atoms with Crippen LogP contribution >= 0.6 is 19.1 Å². The molecule has 1 atom stereocenters. The zero-order valence-electron chi connectivity index (χ0n) is 22.6. The highest BCUT2D eigenvalue weighted by molar-refractivity contribution is 7.77. The summed E-state index contributed by atoms with van der Waals surface area (Å²) in [4.78, 5) is 1.83. The summed E-state index contributed by atoms with van der Waals surface area (Å²) in [5.41, 5.74) is 4.69. The van der Waals surface area contributed by atoms with Crippen LogP contribution in [0.3, 0.4) is 0 Å². The summed E-state index contributed by atoms with van der Waals surface area (Å²) in [6, 6.07) is 5.01. The van der Waals surface area contributed by atoms with E-state index in [0.717, 1.165) is 0 Å². The van der Waals surface area contributed by atoms with Crippen molar-refractivity contribution in [1.82, 2.24) is 0 Å². The fraction of sp³-hybridized carbons (Fsp3) is 0.692. The lowest BCUT2D eigenvalue weighted by molar-refractivity contribution is 0.553. The third-order valence-electron chi connectivity index (χ3n) is 5.59. The molecule has 1 aromatic rings. The average molecular weight is 483 g/mol. The number of hydrogen-bond acceptors (Lipinski definition) is 0. The van der Waals surface area contributed by atoms with E-state index in [9.17, 15) is 0 Å². The lowest BCUT2D eigenvalue weighted by atomic mass is 9.75. The first-order valence-corrected chi connectivity index (χ1v) is 20.2. The lowest BCUT2D eigenvalue weighted by Gasteiger charge is -2.47. The van der Waals surface area contributed by atoms with Crippen molar-refractivity contribution >= 4 is 45.9 Å². The molecule has 0 saturated heterocycles. The fourth-order valence-corrected chi connectivity index (χ4v) is 23.2. The molecule has 0 nitrogen and oxygen atoms in total. The van der Waals surface area contributed by atoms with E-state index in [4.69, 9.17) is 11.6 Å². The SMILES string of the molecule is CC(C)(C)c1cc(C(C)(C)C)c(/[P+](=C/Cl)[C-]([Si](C)(C)C)[Si](C)(C)C)c(C(C)(C)C)c1. The first kappa shape index (κ1) is 28.1. The van der Waals surface area contributed by atoms with Crippen LogP contribution in [0.5, 0.6) is 0 Å². The van der Waals surface area contributed by atoms with E-state index in [-0.39, 0.29) is 16.2 Å². The molecule has 4 heteroatoms. The second-order valence-electron chi connectivity index (χ2n) is 14.0. The molecule has 0 radical (unpaired) electrons. The van der Waals surface area contributed by atoms with Crippen molar-refractivity contribution in [2.45, 2.75) is 118 Å². The minimum absolute atomic E-state index is 0.0705. The van der Waals surface area contributed by atoms with Crippen LogP contribution in [0.4, 0.5) is 0 Å². The predicted octanol–water partition coefficient (Wildman–Crippen LogP) is 8.97. The van der Waals surface area contributed by atoms with Gasteiger partial charge in [0.2, 0.25) is 0 Å². The van der Waals surface area contributed by atoms with Gasteiger partial charge in [-0.15, -0.1) is 0 Å². The van der Waals surface area contributed by atoms with E-state index in [0.29, 0.717) is 0 Å². The van der Waals surface area contributed by atoms with Crippen molar-refractivity contribution in [3.05, 3.63) is 33.7 Å². The fourth-order valence-electron chi connectivity index (χ4n) is 4.53. The first-order chi connectivity index (χ1) is 13.0. The molecule has 0 aliphatic rings. The van der Waals surface area contributed by atoms with Gasteiger partial charge in [0, 0.05) is 11.1 Å². The molecule has 1 unspecified atom stereocenters. The number of rotatable bonds is 4. The van der Waals surface area contributed by atoms with Gasteiger partial charge in [-0.2, -0.15) is 0 Å². The Balaban J connectivity index is 4.22. The van der Waals surface area contributed by atoms with Crippen LogP contribution in [0.2, 0.25) is 39.3 Å². The van der Waals surface area contributed by atoms with Gasteiger partial charge in [0.05, 0.1) is 0 Å². The maximum atomic E-state index is 6.81. The summed E-state index contributed by atoms with van der Waals surface area (Å²) >= 11 is 6.81. The molecule has 0 aliphatic carbocycles. The van der Waals surface area contributed by atoms with Gasteiger partial charge >= 0.3 is 0 Å². The van der Waals surface area contributed by atoms with Crippen molar-refractivity contribution in [2.24, 2.45) is 0 Å². The van der Waals surface area contributed by atoms with Crippen molar-refractivity contribution in [3.63, 3.8) is 0 Å². The summed E-state index contributed by atoms with van der Waals surface area (Å²) in [7, 11) is -3.65. The van der Waals surface area contributed by atoms with E-state index < -0.39 is 23.7 Å². The van der Waals surface area contributed by atoms with Gasteiger partial charge in [0.25, 0.3) is 0 Å². The number of benzene rings is 1. The molecule has 0 saturated carbocycles. The second-order valence-corrected chi connectivity index (χ2v) is 27.7. The average Bonchev–Trinajstić information content (AvgIpc) is 2.45. The molecule has 1 rings (SSSR count). The summed E-state index contributed by atoms with van der Waals surface area (Å²) in [5, 5.41) is 3.62. The Morgan fingerprint density at radius 2 is 1.03 bits per heavy atom. The van der Waals surface area contributed by atoms with Crippen LogP contribution < -0.4 is 5.30 Å². The highest BCUT2D eigenvalue weighted by atomic mass is 35.5. The highest BCUT2D eigenvalue weighted by Crippen LogP contribution is 2.51. The van der Waals surface area contributed by atoms with Crippen LogP contribution in [0.15, 0.2) is 12.1 Å². The third kappa shape index (κ3) is 6.56. The molecule has 0 N–H and O–H groups in total. The van der Waals surface area contributed by atoms with Crippen LogP contribution in [0, 0.1) is 4.91 Å². The Hall–Kier alpha value is 0.114. The standard InChI is InChI=1S/C26H48ClPSi2/c1-24(2,3)19-16-20(25(4,5)6)22(21(17-19)26(7,8)9)28(18-27)23(29(10,11)12)30(13,14)15/h16-18H,1-15H3. The monoisotopic (exact) mass is 482 g/mol. The molecule has 0 aromatic heterocycles. The van der Waals surface area contributed by atoms with Crippen LogP contribution in [-0.2, 0) is 16.2 Å². The zero-order chi connectivity index (χ0) is 24.1. The Kier molecular flexibility index (Phi) is 8.26. The molecule has 0 aliphatic heterocycles. The smallest absolute Gasteiger partial charge is 0.0938 e. The number of halogens is 1. The van der Waals surface area contributed by atoms with Gasteiger partial charge < -0.3 is 0 Å². The molecular weight excluding hydrogens is 435 g/mol. The van der Waals surface area contributed by atoms with Gasteiger partial charge in [-0.25, -0.2) is 0 Å². The minimum Gasteiger partial charge on any atom is -0.0938 e. The normalized spacial score (nSPS) is 15.2. The van der Waals surface area contributed by atoms with Gasteiger partial charge in [0.1, 0.15) is 10.6 Å². The largest absolute Gasteiger partial charge is 0.147 e. The number of hydrogen-bond donors (Lipinski definition) is 0. The Morgan fingerprint density at radius 1 is 0.700 bits per heavy atom. The molecule has 0 amide bonds. The molecule has 0 bridgehead atoms. The van der Waals surface area contributed by atoms with E-state index >= 15 is 0 Å². The molecule has 0 spiro atoms. The zero-order valence-corrected chi connectivity index (χ0v) is 26.2. The van der Waals surface area contributed by atoms with E-state index in [1.807, 2.05) is 4.91 Å². The molecule has 1 aromatic carbocycles. The first-order valence-electron chi connectivity index (χ1n) is 11.3. The summed E-state index contributed by atoms with van der Waals surface area (Å²) in [6.45, 7) is 36.3. The van der Waals surface area contributed by atoms with Crippen LogP contribution in [0.25, 0.3) is 0 Å². The Bertz CT molecular complexity index is 740. The van der Waals surface area contributed by atoms with Crippen LogP contribution in [-0.4, -0.2) is 21.4 Å². The maximum absolute atomic E-state index is 6.81. The van der Waals surface area contributed by atoms with Crippen LogP contribution in [0.1, 0.15) is 79.0 Å². The topological polar surface area (TPSA) is 0 Å². The van der Waals surface area contributed by atoms with E-state index in [1.54, 1.807) is 5.30 Å². The lowest BCUT2D eigenvalue weighted by Crippen LogP contribution is -2.47. The summed E-state index contributed by atoms with van der Waals surface area (Å²) < 4.78 is 0. The molecule has 0 heterocycles. The maximum Gasteiger partial charge on any atom is 0.147 e. The second kappa shape index (κ2) is 8.81. The van der Waals surface area contributed by atoms with Gasteiger partial charge in [0.15, 0.2) is 0 Å². The van der Waals surface area contributed by atoms with Crippen molar-refractivity contribution < 1.29 is 0 Å². The van der Waals surface area contributed by atoms with Gasteiger partial charge in [-0.1, -0.05) is 135 Å².